The second-order valence-corrected chi connectivity index (χ2v) is 5.54. The lowest BCUT2D eigenvalue weighted by atomic mass is 10.1. The number of nitrogens with one attached hydrogen (secondary N) is 1. The van der Waals surface area contributed by atoms with Crippen LogP contribution < -0.4 is 14.8 Å². The predicted molar refractivity (Wildman–Crippen MR) is 88.7 cm³/mol. The van der Waals surface area contributed by atoms with Crippen molar-refractivity contribution < 1.29 is 14.6 Å². The zero-order chi connectivity index (χ0) is 16.8. The molecule has 0 radical (unpaired) electrons. The third-order valence-corrected chi connectivity index (χ3v) is 3.76. The topological polar surface area (TPSA) is 68.5 Å². The number of aryl methyl sites for hydroxylation is 1. The molecule has 0 saturated heterocycles. The minimum absolute atomic E-state index is 0.0223. The van der Waals surface area contributed by atoms with Crippen LogP contribution in [0.1, 0.15) is 37.1 Å². The molecule has 6 nitrogen and oxygen atoms in total. The molecular formula is C17H25N3O3. The first kappa shape index (κ1) is 17.3. The molecule has 2 atom stereocenters. The smallest absolute Gasteiger partial charge is 0.161 e. The number of aliphatic hydroxyl groups excluding tert-OH is 1. The van der Waals surface area contributed by atoms with Crippen LogP contribution in [0, 0.1) is 0 Å². The van der Waals surface area contributed by atoms with Gasteiger partial charge in [-0.3, -0.25) is 4.68 Å². The van der Waals surface area contributed by atoms with E-state index in [1.807, 2.05) is 37.6 Å². The highest BCUT2D eigenvalue weighted by Gasteiger charge is 2.14. The number of aromatic nitrogens is 2. The first-order valence-corrected chi connectivity index (χ1v) is 7.71. The fourth-order valence-electron chi connectivity index (χ4n) is 2.46. The summed E-state index contributed by atoms with van der Waals surface area (Å²) in [5.41, 5.74) is 2.25. The highest BCUT2D eigenvalue weighted by Crippen LogP contribution is 2.31. The molecule has 0 fully saturated rings. The lowest BCUT2D eigenvalue weighted by Crippen LogP contribution is -2.22. The van der Waals surface area contributed by atoms with Crippen molar-refractivity contribution in [1.29, 1.82) is 0 Å². The summed E-state index contributed by atoms with van der Waals surface area (Å²) in [5, 5.41) is 16.6. The number of methoxy groups -OCH3 is 1. The van der Waals surface area contributed by atoms with Gasteiger partial charge in [0.05, 0.1) is 19.9 Å². The van der Waals surface area contributed by atoms with Crippen LogP contribution in [0.25, 0.3) is 0 Å². The Bertz CT molecular complexity index is 627. The number of rotatable bonds is 8. The molecule has 0 aliphatic heterocycles. The zero-order valence-electron chi connectivity index (χ0n) is 14.1. The fraction of sp³-hybridized carbons (Fsp3) is 0.471. The second-order valence-electron chi connectivity index (χ2n) is 5.54. The first-order valence-electron chi connectivity index (χ1n) is 7.71. The van der Waals surface area contributed by atoms with Gasteiger partial charge in [0.2, 0.25) is 0 Å². The third-order valence-electron chi connectivity index (χ3n) is 3.76. The highest BCUT2D eigenvalue weighted by atomic mass is 16.5. The number of ether oxygens (including phenoxy) is 2. The normalized spacial score (nSPS) is 13.6. The second kappa shape index (κ2) is 7.99. The largest absolute Gasteiger partial charge is 0.493 e. The summed E-state index contributed by atoms with van der Waals surface area (Å²) in [6, 6.07) is 6.17. The predicted octanol–water partition coefficient (Wildman–Crippen LogP) is 2.21. The van der Waals surface area contributed by atoms with Gasteiger partial charge in [-0.25, -0.2) is 0 Å². The van der Waals surface area contributed by atoms with Crippen LogP contribution in [0.5, 0.6) is 11.5 Å². The number of aliphatic hydroxyl groups is 1. The van der Waals surface area contributed by atoms with Gasteiger partial charge in [-0.1, -0.05) is 6.07 Å². The van der Waals surface area contributed by atoms with Crippen LogP contribution >= 0.6 is 0 Å². The molecule has 2 rings (SSSR count). The number of benzene rings is 1. The van der Waals surface area contributed by atoms with Crippen molar-refractivity contribution in [3.8, 4) is 11.5 Å². The van der Waals surface area contributed by atoms with Crippen molar-refractivity contribution in [3.05, 3.63) is 41.7 Å². The molecule has 2 N–H and O–H groups in total. The maximum atomic E-state index is 8.86. The summed E-state index contributed by atoms with van der Waals surface area (Å²) in [4.78, 5) is 0. The van der Waals surface area contributed by atoms with Gasteiger partial charge in [0.15, 0.2) is 11.5 Å². The van der Waals surface area contributed by atoms with Gasteiger partial charge in [-0.2, -0.15) is 5.10 Å². The van der Waals surface area contributed by atoms with Gasteiger partial charge in [0.1, 0.15) is 6.61 Å². The molecule has 1 aromatic carbocycles. The molecule has 23 heavy (non-hydrogen) atoms. The lowest BCUT2D eigenvalue weighted by molar-refractivity contribution is 0.196. The maximum Gasteiger partial charge on any atom is 0.161 e. The standard InChI is InChI=1S/C17H25N3O3/c1-12(19-13(2)15-10-18-20(3)11-15)14-5-6-16(23-8-7-21)17(9-14)22-4/h5-6,9-13,19,21H,7-8H2,1-4H3. The Hall–Kier alpha value is -2.05. The number of nitrogens with zero attached hydrogens (tertiary/aromatic N) is 2. The third kappa shape index (κ3) is 4.46. The van der Waals surface area contributed by atoms with Gasteiger partial charge in [-0.15, -0.1) is 0 Å². The van der Waals surface area contributed by atoms with Crippen molar-refractivity contribution in [2.75, 3.05) is 20.3 Å². The van der Waals surface area contributed by atoms with E-state index in [0.29, 0.717) is 11.5 Å². The van der Waals surface area contributed by atoms with Gasteiger partial charge in [-0.05, 0) is 31.5 Å². The molecule has 0 bridgehead atoms. The molecular weight excluding hydrogens is 294 g/mol. The van der Waals surface area contributed by atoms with Crippen molar-refractivity contribution in [3.63, 3.8) is 0 Å². The van der Waals surface area contributed by atoms with Crippen molar-refractivity contribution in [2.45, 2.75) is 25.9 Å². The van der Waals surface area contributed by atoms with Gasteiger partial charge in [0.25, 0.3) is 0 Å². The summed E-state index contributed by atoms with van der Waals surface area (Å²) in [5.74, 6) is 1.30. The lowest BCUT2D eigenvalue weighted by Gasteiger charge is -2.21. The molecule has 126 valence electrons. The van der Waals surface area contributed by atoms with Crippen LogP contribution in [-0.4, -0.2) is 35.2 Å². The summed E-state index contributed by atoms with van der Waals surface area (Å²) < 4.78 is 12.6. The maximum absolute atomic E-state index is 8.86. The van der Waals surface area contributed by atoms with E-state index in [-0.39, 0.29) is 25.3 Å². The van der Waals surface area contributed by atoms with Gasteiger partial charge in [0, 0.05) is 30.9 Å². The molecule has 0 saturated carbocycles. The van der Waals surface area contributed by atoms with E-state index >= 15 is 0 Å². The first-order chi connectivity index (χ1) is 11.0. The highest BCUT2D eigenvalue weighted by molar-refractivity contribution is 5.43. The Morgan fingerprint density at radius 1 is 1.22 bits per heavy atom. The molecule has 0 spiro atoms. The minimum Gasteiger partial charge on any atom is -0.493 e. The SMILES string of the molecule is COc1cc(C(C)NC(C)c2cnn(C)c2)ccc1OCCO. The average Bonchev–Trinajstić information content (AvgIpc) is 2.99. The van der Waals surface area contributed by atoms with Crippen LogP contribution in [0.15, 0.2) is 30.6 Å². The van der Waals surface area contributed by atoms with Crippen molar-refractivity contribution in [2.24, 2.45) is 7.05 Å². The Morgan fingerprint density at radius 2 is 1.96 bits per heavy atom. The molecule has 2 unspecified atom stereocenters. The Morgan fingerprint density at radius 3 is 2.57 bits per heavy atom. The van der Waals surface area contributed by atoms with Crippen LogP contribution in [0.3, 0.4) is 0 Å². The quantitative estimate of drug-likeness (QED) is 0.781. The van der Waals surface area contributed by atoms with Crippen LogP contribution in [0.4, 0.5) is 0 Å². The fourth-order valence-corrected chi connectivity index (χ4v) is 2.46. The van der Waals surface area contributed by atoms with Gasteiger partial charge < -0.3 is 19.9 Å². The van der Waals surface area contributed by atoms with Crippen molar-refractivity contribution >= 4 is 0 Å². The van der Waals surface area contributed by atoms with E-state index < -0.39 is 0 Å². The summed E-state index contributed by atoms with van der Waals surface area (Å²) >= 11 is 0. The summed E-state index contributed by atoms with van der Waals surface area (Å²) in [6.07, 6.45) is 3.88. The molecule has 6 heteroatoms. The van der Waals surface area contributed by atoms with Crippen molar-refractivity contribution in [1.82, 2.24) is 15.1 Å². The van der Waals surface area contributed by atoms with E-state index in [1.165, 1.54) is 0 Å². The van der Waals surface area contributed by atoms with E-state index in [2.05, 4.69) is 24.3 Å². The molecule has 0 aliphatic rings. The van der Waals surface area contributed by atoms with Crippen LogP contribution in [-0.2, 0) is 7.05 Å². The Labute approximate surface area is 137 Å². The van der Waals surface area contributed by atoms with E-state index in [0.717, 1.165) is 11.1 Å². The molecule has 1 aromatic heterocycles. The average molecular weight is 319 g/mol. The summed E-state index contributed by atoms with van der Waals surface area (Å²) in [7, 11) is 3.52. The molecule has 0 aliphatic carbocycles. The number of hydrogen-bond acceptors (Lipinski definition) is 5. The molecule has 1 heterocycles. The Kier molecular flexibility index (Phi) is 6.01. The molecule has 0 amide bonds. The van der Waals surface area contributed by atoms with Crippen LogP contribution in [0.2, 0.25) is 0 Å². The summed E-state index contributed by atoms with van der Waals surface area (Å²) in [6.45, 7) is 4.45. The monoisotopic (exact) mass is 319 g/mol. The minimum atomic E-state index is -0.0223. The zero-order valence-corrected chi connectivity index (χ0v) is 14.1. The van der Waals surface area contributed by atoms with E-state index in [9.17, 15) is 0 Å². The van der Waals surface area contributed by atoms with E-state index in [4.69, 9.17) is 14.6 Å². The van der Waals surface area contributed by atoms with Gasteiger partial charge >= 0.3 is 0 Å². The molecule has 2 aromatic rings. The number of hydrogen-bond donors (Lipinski definition) is 2. The Balaban J connectivity index is 2.07. The van der Waals surface area contributed by atoms with E-state index in [1.54, 1.807) is 11.8 Å².